The summed E-state index contributed by atoms with van der Waals surface area (Å²) in [6, 6.07) is 92.0. The second-order valence-corrected chi connectivity index (χ2v) is 17.6. The zero-order valence-electron chi connectivity index (χ0n) is 36.0. The molecule has 2 heterocycles. The van der Waals surface area contributed by atoms with Crippen molar-refractivity contribution in [2.75, 3.05) is 9.80 Å². The van der Waals surface area contributed by atoms with Crippen LogP contribution in [0.15, 0.2) is 249 Å². The van der Waals surface area contributed by atoms with Crippen molar-refractivity contribution in [3.63, 3.8) is 0 Å². The van der Waals surface area contributed by atoms with Gasteiger partial charge >= 0.3 is 0 Å². The predicted octanol–water partition coefficient (Wildman–Crippen LogP) is 16.7. The summed E-state index contributed by atoms with van der Waals surface area (Å²) < 4.78 is 2.40. The molecule has 308 valence electrons. The highest BCUT2D eigenvalue weighted by molar-refractivity contribution is 6.17. The lowest BCUT2D eigenvalue weighted by Crippen LogP contribution is -2.36. The maximum Gasteiger partial charge on any atom is 0.0755 e. The van der Waals surface area contributed by atoms with Crippen molar-refractivity contribution in [3.05, 3.63) is 271 Å². The van der Waals surface area contributed by atoms with Crippen molar-refractivity contribution in [3.8, 4) is 16.8 Å². The first kappa shape index (κ1) is 36.8. The van der Waals surface area contributed by atoms with E-state index in [4.69, 9.17) is 0 Å². The number of aromatic nitrogens is 1. The van der Waals surface area contributed by atoms with Crippen LogP contribution in [0.2, 0.25) is 0 Å². The number of benzene rings is 11. The number of para-hydroxylation sites is 6. The molecule has 1 spiro atoms. The van der Waals surface area contributed by atoms with Crippen molar-refractivity contribution in [2.24, 2.45) is 0 Å². The molecular formula is C63H41N3. The van der Waals surface area contributed by atoms with Crippen LogP contribution in [0.4, 0.5) is 34.1 Å². The Morgan fingerprint density at radius 1 is 0.318 bits per heavy atom. The largest absolute Gasteiger partial charge is 0.310 e. The highest BCUT2D eigenvalue weighted by atomic mass is 15.2. The van der Waals surface area contributed by atoms with E-state index < -0.39 is 5.41 Å². The first-order chi connectivity index (χ1) is 32.8. The number of rotatable bonds is 5. The lowest BCUT2D eigenvalue weighted by molar-refractivity contribution is 0.753. The zero-order valence-corrected chi connectivity index (χ0v) is 36.0. The van der Waals surface area contributed by atoms with Crippen LogP contribution in [-0.4, -0.2) is 4.57 Å². The van der Waals surface area contributed by atoms with Crippen LogP contribution in [0.3, 0.4) is 0 Å². The fourth-order valence-corrected chi connectivity index (χ4v) is 11.7. The smallest absolute Gasteiger partial charge is 0.0755 e. The van der Waals surface area contributed by atoms with Gasteiger partial charge in [0.15, 0.2) is 0 Å². The van der Waals surface area contributed by atoms with Gasteiger partial charge in [-0.05, 0) is 128 Å². The van der Waals surface area contributed by atoms with Crippen LogP contribution >= 0.6 is 0 Å². The van der Waals surface area contributed by atoms with Crippen molar-refractivity contribution in [1.29, 1.82) is 0 Å². The van der Waals surface area contributed by atoms with Crippen molar-refractivity contribution in [2.45, 2.75) is 5.41 Å². The lowest BCUT2D eigenvalue weighted by atomic mass is 9.64. The fraction of sp³-hybridized carbons (Fsp3) is 0.0159. The van der Waals surface area contributed by atoms with Gasteiger partial charge < -0.3 is 14.4 Å². The summed E-state index contributed by atoms with van der Waals surface area (Å²) in [5, 5.41) is 7.39. The first-order valence-electron chi connectivity index (χ1n) is 22.9. The van der Waals surface area contributed by atoms with E-state index in [2.05, 4.69) is 263 Å². The summed E-state index contributed by atoms with van der Waals surface area (Å²) in [4.78, 5) is 4.97. The molecule has 66 heavy (non-hydrogen) atoms. The molecule has 11 aromatic carbocycles. The molecule has 0 bridgehead atoms. The van der Waals surface area contributed by atoms with Gasteiger partial charge in [-0.1, -0.05) is 170 Å². The number of hydrogen-bond donors (Lipinski definition) is 0. The second-order valence-electron chi connectivity index (χ2n) is 17.6. The first-order valence-corrected chi connectivity index (χ1v) is 22.9. The zero-order chi connectivity index (χ0) is 43.3. The Morgan fingerprint density at radius 2 is 0.864 bits per heavy atom. The van der Waals surface area contributed by atoms with Gasteiger partial charge in [-0.3, -0.25) is 0 Å². The van der Waals surface area contributed by atoms with Gasteiger partial charge in [0.2, 0.25) is 0 Å². The third-order valence-corrected chi connectivity index (χ3v) is 14.3. The van der Waals surface area contributed by atoms with Gasteiger partial charge in [0.25, 0.3) is 0 Å². The van der Waals surface area contributed by atoms with Crippen molar-refractivity contribution >= 4 is 77.5 Å². The van der Waals surface area contributed by atoms with E-state index in [0.717, 1.165) is 28.4 Å². The highest BCUT2D eigenvalue weighted by Gasteiger charge is 2.53. The third-order valence-electron chi connectivity index (χ3n) is 14.3. The number of hydrogen-bond acceptors (Lipinski definition) is 2. The van der Waals surface area contributed by atoms with E-state index in [-0.39, 0.29) is 0 Å². The topological polar surface area (TPSA) is 11.4 Å². The summed E-state index contributed by atoms with van der Waals surface area (Å²) in [6.07, 6.45) is 0. The Kier molecular flexibility index (Phi) is 7.90. The summed E-state index contributed by atoms with van der Waals surface area (Å²) in [6.45, 7) is 0. The molecule has 0 saturated heterocycles. The van der Waals surface area contributed by atoms with Crippen LogP contribution in [-0.2, 0) is 5.41 Å². The van der Waals surface area contributed by atoms with Gasteiger partial charge in [0.05, 0.1) is 33.5 Å². The molecule has 1 aromatic heterocycles. The van der Waals surface area contributed by atoms with Crippen molar-refractivity contribution < 1.29 is 0 Å². The van der Waals surface area contributed by atoms with E-state index in [1.165, 1.54) is 88.1 Å². The second kappa shape index (κ2) is 14.2. The quantitative estimate of drug-likeness (QED) is 0.171. The molecular weight excluding hydrogens is 799 g/mol. The predicted molar refractivity (Wildman–Crippen MR) is 276 cm³/mol. The number of anilines is 6. The minimum absolute atomic E-state index is 0.651. The Hall–Kier alpha value is -8.66. The SMILES string of the molecule is c1ccc(N2c3ccccc3C3(c4ccccc42)c2ccc4ccccc4c2-c2c3cc(N(c3ccccc3)c3ccc4c(c3)c3ccccc3n4-c3ccccc3)c3ccccc23)cc1. The van der Waals surface area contributed by atoms with Crippen LogP contribution < -0.4 is 9.80 Å². The monoisotopic (exact) mass is 839 g/mol. The van der Waals surface area contributed by atoms with Crippen LogP contribution in [0.1, 0.15) is 22.3 Å². The van der Waals surface area contributed by atoms with E-state index in [1.807, 2.05) is 0 Å². The molecule has 2 aliphatic rings. The Balaban J connectivity index is 1.12. The molecule has 0 amide bonds. The molecule has 1 aliphatic heterocycles. The Labute approximate surface area is 383 Å². The molecule has 3 nitrogen and oxygen atoms in total. The summed E-state index contributed by atoms with van der Waals surface area (Å²) in [7, 11) is 0. The van der Waals surface area contributed by atoms with Gasteiger partial charge in [-0.2, -0.15) is 0 Å². The van der Waals surface area contributed by atoms with Crippen LogP contribution in [0, 0.1) is 0 Å². The molecule has 12 aromatic rings. The molecule has 0 unspecified atom stereocenters. The van der Waals surface area contributed by atoms with Crippen LogP contribution in [0.25, 0.3) is 60.2 Å². The summed E-state index contributed by atoms with van der Waals surface area (Å²) >= 11 is 0. The Bertz CT molecular complexity index is 3840. The third kappa shape index (κ3) is 5.02. The van der Waals surface area contributed by atoms with Gasteiger partial charge in [-0.15, -0.1) is 0 Å². The minimum Gasteiger partial charge on any atom is -0.310 e. The van der Waals surface area contributed by atoms with Crippen molar-refractivity contribution in [1.82, 2.24) is 4.57 Å². The lowest BCUT2D eigenvalue weighted by Gasteiger charge is -2.45. The molecule has 0 saturated carbocycles. The summed E-state index contributed by atoms with van der Waals surface area (Å²) in [5.41, 5.74) is 17.5. The standard InChI is InChI=1S/C63H41N3/c1-4-21-43(22-5-1)64(46-37-39-57-51(40-46)49-29-14-17-33-56(49)65(57)44-23-6-2-7-24-44)60-41-55-62(50-30-13-12-28-48(50)60)61-47-27-11-10-20-42(47)36-38-54(61)63(55)52-31-15-18-34-58(52)66(45-25-8-3-9-26-45)59-35-19-16-32-53(59)63/h1-41H. The molecule has 0 radical (unpaired) electrons. The van der Waals surface area contributed by atoms with Crippen LogP contribution in [0.5, 0.6) is 0 Å². The Morgan fingerprint density at radius 3 is 1.59 bits per heavy atom. The number of fused-ring (bicyclic) bond motifs is 16. The van der Waals surface area contributed by atoms with Gasteiger partial charge in [0, 0.05) is 38.9 Å². The molecule has 0 atom stereocenters. The molecule has 0 N–H and O–H groups in total. The highest BCUT2D eigenvalue weighted by Crippen LogP contribution is 2.66. The van der Waals surface area contributed by atoms with E-state index in [9.17, 15) is 0 Å². The number of nitrogens with zero attached hydrogens (tertiary/aromatic N) is 3. The average molecular weight is 840 g/mol. The van der Waals surface area contributed by atoms with E-state index in [1.54, 1.807) is 0 Å². The maximum absolute atomic E-state index is 2.56. The van der Waals surface area contributed by atoms with E-state index >= 15 is 0 Å². The van der Waals surface area contributed by atoms with Gasteiger partial charge in [0.1, 0.15) is 0 Å². The fourth-order valence-electron chi connectivity index (χ4n) is 11.7. The molecule has 0 fully saturated rings. The normalized spacial score (nSPS) is 13.2. The molecule has 3 heteroatoms. The van der Waals surface area contributed by atoms with E-state index in [0.29, 0.717) is 0 Å². The maximum atomic E-state index is 2.56. The van der Waals surface area contributed by atoms with Gasteiger partial charge in [-0.25, -0.2) is 0 Å². The minimum atomic E-state index is -0.651. The molecule has 1 aliphatic carbocycles. The average Bonchev–Trinajstić information content (AvgIpc) is 3.88. The summed E-state index contributed by atoms with van der Waals surface area (Å²) in [5.74, 6) is 0. The molecule has 14 rings (SSSR count).